The normalized spacial score (nSPS) is 14.9. The minimum absolute atomic E-state index is 0.0200. The molecule has 2 aromatic rings. The third-order valence-corrected chi connectivity index (χ3v) is 4.19. The molecule has 0 aliphatic heterocycles. The lowest BCUT2D eigenvalue weighted by molar-refractivity contribution is 0.296. The van der Waals surface area contributed by atoms with Crippen molar-refractivity contribution in [2.45, 2.75) is 11.4 Å². The number of aromatic nitrogens is 2. The van der Waals surface area contributed by atoms with Crippen LogP contribution in [0.1, 0.15) is 11.3 Å². The highest BCUT2D eigenvalue weighted by Gasteiger charge is 2.23. The number of rotatable bonds is 4. The maximum absolute atomic E-state index is 13.2. The van der Waals surface area contributed by atoms with Crippen molar-refractivity contribution < 1.29 is 18.4 Å². The summed E-state index contributed by atoms with van der Waals surface area (Å²) in [5.74, 6) is -0.423. The van der Waals surface area contributed by atoms with E-state index >= 15 is 0 Å². The quantitative estimate of drug-likeness (QED) is 0.483. The fourth-order valence-corrected chi connectivity index (χ4v) is 2.75. The smallest absolute Gasteiger partial charge is 0.208 e. The molecule has 1 atom stereocenters. The third-order valence-electron chi connectivity index (χ3n) is 2.58. The summed E-state index contributed by atoms with van der Waals surface area (Å²) in [5, 5.41) is 18.9. The molecule has 7 nitrogen and oxygen atoms in total. The topological polar surface area (TPSA) is 112 Å². The van der Waals surface area contributed by atoms with Crippen LogP contribution in [-0.2, 0) is 16.1 Å². The van der Waals surface area contributed by atoms with Gasteiger partial charge < -0.3 is 5.21 Å². The molecular weight excluding hydrogens is 367 g/mol. The van der Waals surface area contributed by atoms with Crippen molar-refractivity contribution in [3.8, 4) is 0 Å². The second-order valence-corrected chi connectivity index (χ2v) is 7.16. The molecule has 1 aromatic carbocycles. The number of benzene rings is 1. The van der Waals surface area contributed by atoms with Crippen molar-refractivity contribution in [1.82, 2.24) is 10.3 Å². The highest BCUT2D eigenvalue weighted by molar-refractivity contribution is 9.10. The average molecular weight is 377 g/mol. The van der Waals surface area contributed by atoms with Crippen LogP contribution in [0, 0.1) is 10.6 Å². The molecule has 0 saturated carbocycles. The molecular formula is C11H10BrFN4O3S. The molecule has 0 aliphatic carbocycles. The van der Waals surface area contributed by atoms with Gasteiger partial charge >= 0.3 is 0 Å². The fraction of sp³-hybridized carbons (Fsp3) is 0.182. The van der Waals surface area contributed by atoms with Crippen LogP contribution in [0.3, 0.4) is 0 Å². The summed E-state index contributed by atoms with van der Waals surface area (Å²) < 4.78 is 37.2. The van der Waals surface area contributed by atoms with Crippen LogP contribution in [0.5, 0.6) is 0 Å². The molecule has 1 heterocycles. The molecule has 112 valence electrons. The van der Waals surface area contributed by atoms with Gasteiger partial charge in [-0.3, -0.25) is 0 Å². The largest absolute Gasteiger partial charge is 0.411 e. The Bertz CT molecular complexity index is 804. The first-order valence-corrected chi connectivity index (χ1v) is 8.30. The van der Waals surface area contributed by atoms with E-state index in [2.05, 4.69) is 36.0 Å². The summed E-state index contributed by atoms with van der Waals surface area (Å²) in [6.07, 6.45) is 1.23. The summed E-state index contributed by atoms with van der Waals surface area (Å²) in [7, 11) is -3.18. The van der Waals surface area contributed by atoms with Gasteiger partial charge in [-0.15, -0.1) is 0 Å². The molecule has 10 heteroatoms. The first-order valence-electron chi connectivity index (χ1n) is 5.54. The van der Waals surface area contributed by atoms with Gasteiger partial charge in [0.15, 0.2) is 5.69 Å². The number of nitrogens with zero attached hydrogens (tertiary/aromatic N) is 3. The van der Waals surface area contributed by atoms with E-state index in [1.165, 1.54) is 18.2 Å². The monoisotopic (exact) mass is 376 g/mol. The lowest BCUT2D eigenvalue weighted by atomic mass is 10.1. The highest BCUT2D eigenvalue weighted by Crippen LogP contribution is 2.19. The minimum atomic E-state index is -3.18. The van der Waals surface area contributed by atoms with Crippen LogP contribution in [0.25, 0.3) is 0 Å². The molecule has 0 radical (unpaired) electrons. The zero-order valence-electron chi connectivity index (χ0n) is 10.7. The molecule has 0 bridgehead atoms. The van der Waals surface area contributed by atoms with Gasteiger partial charge in [0.25, 0.3) is 0 Å². The van der Waals surface area contributed by atoms with Gasteiger partial charge in [0.05, 0.1) is 14.2 Å². The number of oxime groups is 1. The molecule has 0 fully saturated rings. The first kappa shape index (κ1) is 15.6. The standard InChI is InChI=1S/C11H10BrFN4O3S/c1-21(14,19)11-10(16-20-17-11)9(15-18)5-6-2-3-8(13)7(12)4-6/h2-4,14,18H,5H2,1H3. The maximum Gasteiger partial charge on any atom is 0.208 e. The second-order valence-electron chi connectivity index (χ2n) is 4.23. The van der Waals surface area contributed by atoms with Crippen molar-refractivity contribution in [3.63, 3.8) is 0 Å². The Kier molecular flexibility index (Phi) is 4.37. The van der Waals surface area contributed by atoms with Gasteiger partial charge in [0, 0.05) is 12.7 Å². The molecule has 1 aromatic heterocycles. The van der Waals surface area contributed by atoms with Gasteiger partial charge in [-0.25, -0.2) is 18.0 Å². The number of halogens is 2. The molecule has 0 amide bonds. The van der Waals surface area contributed by atoms with Crippen LogP contribution in [0.4, 0.5) is 4.39 Å². The predicted molar refractivity (Wildman–Crippen MR) is 75.5 cm³/mol. The minimum Gasteiger partial charge on any atom is -0.411 e. The predicted octanol–water partition coefficient (Wildman–Crippen LogP) is 2.43. The van der Waals surface area contributed by atoms with E-state index in [4.69, 9.17) is 9.99 Å². The summed E-state index contributed by atoms with van der Waals surface area (Å²) >= 11 is 3.05. The van der Waals surface area contributed by atoms with E-state index in [9.17, 15) is 8.60 Å². The van der Waals surface area contributed by atoms with Gasteiger partial charge in [-0.1, -0.05) is 11.2 Å². The third kappa shape index (κ3) is 3.45. The zero-order chi connectivity index (χ0) is 15.6. The van der Waals surface area contributed by atoms with Gasteiger partial charge in [0.2, 0.25) is 5.03 Å². The van der Waals surface area contributed by atoms with Crippen LogP contribution < -0.4 is 0 Å². The van der Waals surface area contributed by atoms with Crippen LogP contribution >= 0.6 is 15.9 Å². The maximum atomic E-state index is 13.2. The second kappa shape index (κ2) is 5.90. The van der Waals surface area contributed by atoms with E-state index in [0.717, 1.165) is 6.26 Å². The van der Waals surface area contributed by atoms with E-state index in [1.807, 2.05) is 0 Å². The summed E-state index contributed by atoms with van der Waals surface area (Å²) in [4.78, 5) is 0. The van der Waals surface area contributed by atoms with E-state index in [0.29, 0.717) is 5.56 Å². The summed E-state index contributed by atoms with van der Waals surface area (Å²) in [5.41, 5.74) is 0.588. The fourth-order valence-electron chi connectivity index (χ4n) is 1.62. The Morgan fingerprint density at radius 2 is 2.29 bits per heavy atom. The van der Waals surface area contributed by atoms with Crippen LogP contribution in [-0.4, -0.2) is 31.7 Å². The lowest BCUT2D eigenvalue weighted by Gasteiger charge is -2.04. The number of hydrogen-bond donors (Lipinski definition) is 2. The average Bonchev–Trinajstić information content (AvgIpc) is 2.89. The van der Waals surface area contributed by atoms with Crippen molar-refractivity contribution in [1.29, 1.82) is 4.78 Å². The Morgan fingerprint density at radius 3 is 2.86 bits per heavy atom. The molecule has 2 N–H and O–H groups in total. The van der Waals surface area contributed by atoms with Gasteiger partial charge in [0.1, 0.15) is 11.5 Å². The van der Waals surface area contributed by atoms with E-state index in [-0.39, 0.29) is 27.3 Å². The number of hydrogen-bond acceptors (Lipinski definition) is 7. The SMILES string of the molecule is CS(=N)(=O)c1nonc1C(Cc1ccc(F)c(Br)c1)=NO. The Balaban J connectivity index is 2.38. The van der Waals surface area contributed by atoms with Crippen LogP contribution in [0.15, 0.2) is 37.5 Å². The molecule has 2 rings (SSSR count). The van der Waals surface area contributed by atoms with Gasteiger partial charge in [-0.2, -0.15) is 0 Å². The number of nitrogens with one attached hydrogen (secondary N) is 1. The van der Waals surface area contributed by atoms with E-state index in [1.54, 1.807) is 0 Å². The van der Waals surface area contributed by atoms with Crippen molar-refractivity contribution in [3.05, 3.63) is 39.7 Å². The molecule has 0 spiro atoms. The molecule has 0 saturated heterocycles. The Morgan fingerprint density at radius 1 is 1.57 bits per heavy atom. The van der Waals surface area contributed by atoms with Crippen LogP contribution in [0.2, 0.25) is 0 Å². The summed E-state index contributed by atoms with van der Waals surface area (Å²) in [6, 6.07) is 4.27. The molecule has 21 heavy (non-hydrogen) atoms. The van der Waals surface area contributed by atoms with E-state index < -0.39 is 15.5 Å². The van der Waals surface area contributed by atoms with Crippen molar-refractivity contribution in [2.24, 2.45) is 5.16 Å². The Labute approximate surface area is 127 Å². The molecule has 0 aliphatic rings. The molecule has 1 unspecified atom stereocenters. The lowest BCUT2D eigenvalue weighted by Crippen LogP contribution is -2.11. The van der Waals surface area contributed by atoms with Crippen molar-refractivity contribution in [2.75, 3.05) is 6.26 Å². The zero-order valence-corrected chi connectivity index (χ0v) is 13.1. The first-order chi connectivity index (χ1) is 9.82. The summed E-state index contributed by atoms with van der Waals surface area (Å²) in [6.45, 7) is 0. The Hall–Kier alpha value is -1.81. The highest BCUT2D eigenvalue weighted by atomic mass is 79.9. The van der Waals surface area contributed by atoms with Gasteiger partial charge in [-0.05, 0) is 43.9 Å². The van der Waals surface area contributed by atoms with Crippen molar-refractivity contribution >= 4 is 31.4 Å².